The van der Waals surface area contributed by atoms with Gasteiger partial charge in [-0.3, -0.25) is 18.8 Å². The van der Waals surface area contributed by atoms with E-state index >= 15 is 4.57 Å². The van der Waals surface area contributed by atoms with Crippen molar-refractivity contribution < 1.29 is 13.9 Å². The summed E-state index contributed by atoms with van der Waals surface area (Å²) >= 11 is 0. The van der Waals surface area contributed by atoms with Crippen LogP contribution in [-0.2, 0) is 30.0 Å². The second-order valence-corrected chi connectivity index (χ2v) is 16.5. The topological polar surface area (TPSA) is 95.2 Å². The molecule has 242 valence electrons. The Bertz CT molecular complexity index is 1750. The Hall–Kier alpha value is -3.64. The molecule has 0 unspecified atom stereocenters. The van der Waals surface area contributed by atoms with E-state index < -0.39 is 18.8 Å². The highest BCUT2D eigenvalue weighted by molar-refractivity contribution is 7.57. The Kier molecular flexibility index (Phi) is 8.43. The fourth-order valence-electron chi connectivity index (χ4n) is 8.80. The van der Waals surface area contributed by atoms with E-state index in [0.29, 0.717) is 41.9 Å². The Morgan fingerprint density at radius 2 is 1.50 bits per heavy atom. The summed E-state index contributed by atoms with van der Waals surface area (Å²) in [5, 5.41) is 8.26. The summed E-state index contributed by atoms with van der Waals surface area (Å²) in [5.74, 6) is 1.51. The SMILES string of the molecule is CCCCn1c(=O)c(C(=O)NC23CC4CC(CC(C4)C2)C3)c(OP(=O)(Cc2ccccc2)Cc2ccccc2)c2nn(CC)cc21. The highest BCUT2D eigenvalue weighted by Gasteiger charge is 2.52. The van der Waals surface area contributed by atoms with Gasteiger partial charge in [-0.05, 0) is 80.8 Å². The maximum absolute atomic E-state index is 15.1. The van der Waals surface area contributed by atoms with Crippen LogP contribution in [0.2, 0.25) is 0 Å². The number of hydrogen-bond acceptors (Lipinski definition) is 5. The fourth-order valence-corrected chi connectivity index (χ4v) is 11.1. The molecule has 4 saturated carbocycles. The lowest BCUT2D eigenvalue weighted by atomic mass is 9.53. The van der Waals surface area contributed by atoms with Crippen molar-refractivity contribution >= 4 is 24.3 Å². The minimum absolute atomic E-state index is 0.0531. The number of rotatable bonds is 12. The number of carbonyl (C=O) groups excluding carboxylic acids is 1. The molecule has 2 aromatic carbocycles. The van der Waals surface area contributed by atoms with E-state index in [4.69, 9.17) is 9.62 Å². The minimum Gasteiger partial charge on any atom is -0.439 e. The van der Waals surface area contributed by atoms with E-state index in [1.165, 1.54) is 19.3 Å². The van der Waals surface area contributed by atoms with Crippen LogP contribution in [0.15, 0.2) is 71.7 Å². The Morgan fingerprint density at radius 1 is 0.935 bits per heavy atom. The number of aromatic nitrogens is 3. The molecule has 4 aromatic rings. The van der Waals surface area contributed by atoms with Gasteiger partial charge in [0.15, 0.2) is 11.3 Å². The van der Waals surface area contributed by atoms with Crippen LogP contribution in [0.3, 0.4) is 0 Å². The lowest BCUT2D eigenvalue weighted by molar-refractivity contribution is -0.0167. The minimum atomic E-state index is -3.56. The normalized spacial score (nSPS) is 23.6. The summed E-state index contributed by atoms with van der Waals surface area (Å²) < 4.78 is 25.2. The summed E-state index contributed by atoms with van der Waals surface area (Å²) in [4.78, 5) is 29.1. The number of nitrogens with one attached hydrogen (secondary N) is 1. The molecule has 0 atom stereocenters. The van der Waals surface area contributed by atoms with E-state index in [9.17, 15) is 9.59 Å². The van der Waals surface area contributed by atoms with Gasteiger partial charge in [0.2, 0.25) is 0 Å². The molecule has 4 bridgehead atoms. The van der Waals surface area contributed by atoms with Gasteiger partial charge >= 0.3 is 0 Å². The second kappa shape index (κ2) is 12.5. The van der Waals surface area contributed by atoms with Gasteiger partial charge in [-0.15, -0.1) is 0 Å². The van der Waals surface area contributed by atoms with E-state index in [1.807, 2.05) is 73.8 Å². The van der Waals surface area contributed by atoms with Crippen LogP contribution in [-0.4, -0.2) is 25.8 Å². The van der Waals surface area contributed by atoms with Gasteiger partial charge in [0.1, 0.15) is 5.56 Å². The molecule has 4 aliphatic rings. The predicted molar refractivity (Wildman–Crippen MR) is 181 cm³/mol. The summed E-state index contributed by atoms with van der Waals surface area (Å²) in [5.41, 5.74) is 1.98. The molecular formula is C37H45N4O4P. The standard InChI is InChI=1S/C37H45N4O4P/c1-3-5-16-41-31-23-40(4-2)39-33(31)34(45-46(44,24-26-12-8-6-9-13-26)25-27-14-10-7-11-15-27)32(36(41)43)35(42)38-37-20-28-17-29(21-37)19-30(18-28)22-37/h6-15,23,28-30H,3-5,16-22,24-25H2,1-2H3,(H,38,42). The number of hydrogen-bond donors (Lipinski definition) is 1. The molecule has 2 aromatic heterocycles. The third kappa shape index (κ3) is 6.09. The molecule has 1 N–H and O–H groups in total. The highest BCUT2D eigenvalue weighted by atomic mass is 31.2. The molecule has 1 amide bonds. The average molecular weight is 641 g/mol. The number of amides is 1. The van der Waals surface area contributed by atoms with Crippen molar-refractivity contribution in [2.45, 2.75) is 96.2 Å². The van der Waals surface area contributed by atoms with Crippen molar-refractivity contribution in [2.75, 3.05) is 0 Å². The lowest BCUT2D eigenvalue weighted by Gasteiger charge is -2.56. The van der Waals surface area contributed by atoms with Gasteiger partial charge in [0.05, 0.1) is 17.8 Å². The van der Waals surface area contributed by atoms with Crippen molar-refractivity contribution in [2.24, 2.45) is 17.8 Å². The van der Waals surface area contributed by atoms with Crippen molar-refractivity contribution in [3.8, 4) is 5.75 Å². The second-order valence-electron chi connectivity index (χ2n) is 14.1. The van der Waals surface area contributed by atoms with Crippen molar-refractivity contribution in [3.63, 3.8) is 0 Å². The van der Waals surface area contributed by atoms with Gasteiger partial charge in [0.25, 0.3) is 18.8 Å². The maximum atomic E-state index is 15.1. The average Bonchev–Trinajstić information content (AvgIpc) is 3.45. The Balaban J connectivity index is 1.36. The zero-order chi connectivity index (χ0) is 31.9. The molecule has 4 aliphatic carbocycles. The molecule has 0 spiro atoms. The van der Waals surface area contributed by atoms with Gasteiger partial charge in [-0.25, -0.2) is 0 Å². The third-order valence-electron chi connectivity index (χ3n) is 10.4. The van der Waals surface area contributed by atoms with Gasteiger partial charge in [0, 0.05) is 24.8 Å². The highest BCUT2D eigenvalue weighted by Crippen LogP contribution is 2.57. The molecule has 8 nitrogen and oxygen atoms in total. The van der Waals surface area contributed by atoms with E-state index in [2.05, 4.69) is 12.2 Å². The quantitative estimate of drug-likeness (QED) is 0.160. The first-order chi connectivity index (χ1) is 22.3. The van der Waals surface area contributed by atoms with Crippen molar-refractivity contribution in [3.05, 3.63) is 93.9 Å². The van der Waals surface area contributed by atoms with E-state index in [0.717, 1.165) is 43.2 Å². The largest absolute Gasteiger partial charge is 0.439 e. The van der Waals surface area contributed by atoms with Crippen molar-refractivity contribution in [1.29, 1.82) is 0 Å². The van der Waals surface area contributed by atoms with Gasteiger partial charge < -0.3 is 14.4 Å². The Labute approximate surface area is 271 Å². The van der Waals surface area contributed by atoms with Gasteiger partial charge in [-0.2, -0.15) is 5.10 Å². The fraction of sp³-hybridized carbons (Fsp3) is 0.486. The zero-order valence-electron chi connectivity index (χ0n) is 27.0. The maximum Gasteiger partial charge on any atom is 0.267 e. The van der Waals surface area contributed by atoms with Crippen LogP contribution in [0.25, 0.3) is 11.0 Å². The molecule has 46 heavy (non-hydrogen) atoms. The van der Waals surface area contributed by atoms with Crippen LogP contribution >= 0.6 is 7.37 Å². The number of carbonyl (C=O) groups is 1. The molecule has 9 heteroatoms. The van der Waals surface area contributed by atoms with Crippen LogP contribution in [0, 0.1) is 17.8 Å². The smallest absolute Gasteiger partial charge is 0.267 e. The number of aryl methyl sites for hydroxylation is 2. The molecule has 0 radical (unpaired) electrons. The van der Waals surface area contributed by atoms with Crippen LogP contribution in [0.1, 0.15) is 86.7 Å². The molecule has 2 heterocycles. The lowest BCUT2D eigenvalue weighted by Crippen LogP contribution is -2.60. The number of unbranched alkanes of at least 4 members (excludes halogenated alkanes) is 1. The third-order valence-corrected chi connectivity index (χ3v) is 12.6. The van der Waals surface area contributed by atoms with Crippen molar-refractivity contribution in [1.82, 2.24) is 19.7 Å². The predicted octanol–water partition coefficient (Wildman–Crippen LogP) is 7.77. The molecule has 0 saturated heterocycles. The van der Waals surface area contributed by atoms with E-state index in [1.54, 1.807) is 9.25 Å². The van der Waals surface area contributed by atoms with E-state index in [-0.39, 0.29) is 29.2 Å². The number of nitrogens with zero attached hydrogens (tertiary/aromatic N) is 3. The van der Waals surface area contributed by atoms with Crippen LogP contribution < -0.4 is 15.4 Å². The number of benzene rings is 2. The number of pyridine rings is 1. The first-order valence-electron chi connectivity index (χ1n) is 17.1. The molecule has 8 rings (SSSR count). The Morgan fingerprint density at radius 3 is 2.02 bits per heavy atom. The summed E-state index contributed by atoms with van der Waals surface area (Å²) in [7, 11) is -3.56. The first-order valence-corrected chi connectivity index (χ1v) is 19.1. The summed E-state index contributed by atoms with van der Waals surface area (Å²) in [6, 6.07) is 19.3. The van der Waals surface area contributed by atoms with Crippen LogP contribution in [0.4, 0.5) is 0 Å². The zero-order valence-corrected chi connectivity index (χ0v) is 27.9. The molecule has 0 aliphatic heterocycles. The first kappa shape index (κ1) is 31.0. The van der Waals surface area contributed by atoms with Crippen LogP contribution in [0.5, 0.6) is 5.75 Å². The summed E-state index contributed by atoms with van der Waals surface area (Å²) in [6.07, 6.45) is 10.5. The summed E-state index contributed by atoms with van der Waals surface area (Å²) in [6.45, 7) is 5.11. The number of fused-ring (bicyclic) bond motifs is 1. The monoisotopic (exact) mass is 640 g/mol. The molecular weight excluding hydrogens is 595 g/mol. The van der Waals surface area contributed by atoms with Gasteiger partial charge in [-0.1, -0.05) is 74.0 Å². The molecule has 4 fully saturated rings.